The molecule has 1 atom stereocenters. The number of amides is 1. The molecule has 0 aromatic carbocycles. The molecule has 4 nitrogen and oxygen atoms in total. The minimum absolute atomic E-state index is 0.140. The summed E-state index contributed by atoms with van der Waals surface area (Å²) in [4.78, 5) is 15.6. The second-order valence-corrected chi connectivity index (χ2v) is 5.60. The van der Waals surface area contributed by atoms with Gasteiger partial charge in [-0.25, -0.2) is 0 Å². The summed E-state index contributed by atoms with van der Waals surface area (Å²) >= 11 is 0. The molecule has 0 aromatic rings. The zero-order chi connectivity index (χ0) is 14.6. The normalized spacial score (nSPS) is 26.4. The van der Waals surface area contributed by atoms with Crippen molar-refractivity contribution in [2.45, 2.75) is 25.4 Å². The number of rotatable bonds is 2. The van der Waals surface area contributed by atoms with E-state index in [0.29, 0.717) is 13.0 Å². The van der Waals surface area contributed by atoms with Crippen LogP contribution < -0.4 is 5.32 Å². The number of likely N-dealkylation sites (tertiary alicyclic amines) is 1. The van der Waals surface area contributed by atoms with E-state index in [0.717, 1.165) is 32.6 Å². The topological polar surface area (TPSA) is 35.6 Å². The highest BCUT2D eigenvalue weighted by Crippen LogP contribution is 2.33. The van der Waals surface area contributed by atoms with Crippen LogP contribution in [0.5, 0.6) is 0 Å². The van der Waals surface area contributed by atoms with Gasteiger partial charge in [-0.1, -0.05) is 0 Å². The average Bonchev–Trinajstić information content (AvgIpc) is 2.66. The van der Waals surface area contributed by atoms with Crippen LogP contribution >= 0.6 is 0 Å². The molecule has 2 saturated heterocycles. The number of carbonyl (C=O) groups is 1. The molecule has 7 heteroatoms. The monoisotopic (exact) mass is 293 g/mol. The Labute approximate surface area is 117 Å². The van der Waals surface area contributed by atoms with Crippen molar-refractivity contribution >= 4 is 5.91 Å². The molecule has 2 aliphatic rings. The number of alkyl halides is 3. The summed E-state index contributed by atoms with van der Waals surface area (Å²) in [6.45, 7) is 3.90. The molecular weight excluding hydrogens is 271 g/mol. The Morgan fingerprint density at radius 1 is 1.15 bits per heavy atom. The van der Waals surface area contributed by atoms with Gasteiger partial charge in [-0.05, 0) is 32.4 Å². The Morgan fingerprint density at radius 3 is 2.70 bits per heavy atom. The highest BCUT2D eigenvalue weighted by atomic mass is 19.4. The Bertz CT molecular complexity index is 327. The van der Waals surface area contributed by atoms with Gasteiger partial charge in [0.2, 0.25) is 5.91 Å². The number of carbonyl (C=O) groups excluding carboxylic acids is 1. The van der Waals surface area contributed by atoms with Crippen LogP contribution in [0, 0.1) is 5.92 Å². The summed E-state index contributed by atoms with van der Waals surface area (Å²) < 4.78 is 38.2. The fraction of sp³-hybridized carbons (Fsp3) is 0.923. The number of nitrogens with zero attached hydrogens (tertiary/aromatic N) is 2. The first-order chi connectivity index (χ1) is 9.47. The van der Waals surface area contributed by atoms with Crippen molar-refractivity contribution < 1.29 is 18.0 Å². The molecule has 20 heavy (non-hydrogen) atoms. The summed E-state index contributed by atoms with van der Waals surface area (Å²) in [5, 5.41) is 3.24. The van der Waals surface area contributed by atoms with E-state index in [9.17, 15) is 18.0 Å². The zero-order valence-corrected chi connectivity index (χ0v) is 11.6. The van der Waals surface area contributed by atoms with Gasteiger partial charge in [0.1, 0.15) is 0 Å². The van der Waals surface area contributed by atoms with E-state index in [1.165, 1.54) is 4.90 Å². The maximum atomic E-state index is 12.7. The highest BCUT2D eigenvalue weighted by Gasteiger charge is 2.42. The van der Waals surface area contributed by atoms with Crippen LogP contribution in [0.4, 0.5) is 13.2 Å². The Hall–Kier alpha value is -0.820. The second kappa shape index (κ2) is 6.76. The third-order valence-electron chi connectivity index (χ3n) is 4.03. The van der Waals surface area contributed by atoms with E-state index < -0.39 is 12.1 Å². The van der Waals surface area contributed by atoms with Gasteiger partial charge in [-0.2, -0.15) is 13.2 Å². The first-order valence-electron chi connectivity index (χ1n) is 7.24. The van der Waals surface area contributed by atoms with Gasteiger partial charge in [-0.3, -0.25) is 9.69 Å². The lowest BCUT2D eigenvalue weighted by atomic mass is 9.97. The van der Waals surface area contributed by atoms with Crippen LogP contribution in [0.1, 0.15) is 19.3 Å². The second-order valence-electron chi connectivity index (χ2n) is 5.60. The summed E-state index contributed by atoms with van der Waals surface area (Å²) in [5.41, 5.74) is 0. The number of hydrogen-bond donors (Lipinski definition) is 1. The van der Waals surface area contributed by atoms with Crippen LogP contribution in [0.2, 0.25) is 0 Å². The molecule has 2 aliphatic heterocycles. The molecular formula is C13H22F3N3O. The quantitative estimate of drug-likeness (QED) is 0.827. The zero-order valence-electron chi connectivity index (χ0n) is 11.6. The predicted molar refractivity (Wildman–Crippen MR) is 69.3 cm³/mol. The van der Waals surface area contributed by atoms with E-state index in [-0.39, 0.29) is 25.4 Å². The molecule has 0 spiro atoms. The number of piperidine rings is 1. The van der Waals surface area contributed by atoms with Crippen molar-refractivity contribution in [3.63, 3.8) is 0 Å². The van der Waals surface area contributed by atoms with Crippen LogP contribution in [0.25, 0.3) is 0 Å². The van der Waals surface area contributed by atoms with Crippen LogP contribution in [-0.4, -0.2) is 67.7 Å². The van der Waals surface area contributed by atoms with E-state index in [1.54, 1.807) is 0 Å². The molecule has 2 heterocycles. The SMILES string of the molecule is O=C(CN1CCCNCC1)N1CCCC(C(F)(F)F)C1. The standard InChI is InChI=1S/C13H22F3N3O/c14-13(15,16)11-3-1-7-19(9-11)12(20)10-18-6-2-4-17-5-8-18/h11,17H,1-10H2. The molecule has 2 fully saturated rings. The molecule has 1 amide bonds. The molecule has 0 aromatic heterocycles. The predicted octanol–water partition coefficient (Wildman–Crippen LogP) is 1.08. The largest absolute Gasteiger partial charge is 0.393 e. The summed E-state index contributed by atoms with van der Waals surface area (Å²) in [5.74, 6) is -1.52. The maximum Gasteiger partial charge on any atom is 0.393 e. The molecule has 0 radical (unpaired) electrons. The maximum absolute atomic E-state index is 12.7. The Morgan fingerprint density at radius 2 is 1.95 bits per heavy atom. The van der Waals surface area contributed by atoms with Crippen molar-refractivity contribution in [3.05, 3.63) is 0 Å². The van der Waals surface area contributed by atoms with Crippen molar-refractivity contribution in [2.24, 2.45) is 5.92 Å². The molecule has 2 rings (SSSR count). The molecule has 0 bridgehead atoms. The van der Waals surface area contributed by atoms with Gasteiger partial charge in [-0.15, -0.1) is 0 Å². The smallest absolute Gasteiger partial charge is 0.341 e. The van der Waals surface area contributed by atoms with E-state index in [2.05, 4.69) is 5.32 Å². The Balaban J connectivity index is 1.85. The first kappa shape index (κ1) is 15.6. The fourth-order valence-corrected chi connectivity index (χ4v) is 2.82. The van der Waals surface area contributed by atoms with Crippen molar-refractivity contribution in [3.8, 4) is 0 Å². The fourth-order valence-electron chi connectivity index (χ4n) is 2.82. The van der Waals surface area contributed by atoms with Gasteiger partial charge < -0.3 is 10.2 Å². The Kier molecular flexibility index (Phi) is 5.26. The van der Waals surface area contributed by atoms with Crippen LogP contribution in [0.3, 0.4) is 0 Å². The van der Waals surface area contributed by atoms with E-state index >= 15 is 0 Å². The first-order valence-corrected chi connectivity index (χ1v) is 7.24. The van der Waals surface area contributed by atoms with E-state index in [1.807, 2.05) is 4.90 Å². The number of nitrogens with one attached hydrogen (secondary N) is 1. The molecule has 1 unspecified atom stereocenters. The van der Waals surface area contributed by atoms with E-state index in [4.69, 9.17) is 0 Å². The molecule has 116 valence electrons. The molecule has 1 N–H and O–H groups in total. The minimum atomic E-state index is -4.19. The number of hydrogen-bond acceptors (Lipinski definition) is 3. The lowest BCUT2D eigenvalue weighted by Gasteiger charge is -2.35. The third-order valence-corrected chi connectivity index (χ3v) is 4.03. The van der Waals surface area contributed by atoms with Crippen LogP contribution in [-0.2, 0) is 4.79 Å². The van der Waals surface area contributed by atoms with Gasteiger partial charge >= 0.3 is 6.18 Å². The van der Waals surface area contributed by atoms with Gasteiger partial charge in [0.05, 0.1) is 12.5 Å². The highest BCUT2D eigenvalue weighted by molar-refractivity contribution is 5.78. The summed E-state index contributed by atoms with van der Waals surface area (Å²) in [6.07, 6.45) is -2.64. The molecule has 0 aliphatic carbocycles. The minimum Gasteiger partial charge on any atom is -0.341 e. The lowest BCUT2D eigenvalue weighted by Crippen LogP contribution is -2.48. The third kappa shape index (κ3) is 4.34. The molecule has 0 saturated carbocycles. The van der Waals surface area contributed by atoms with Crippen molar-refractivity contribution in [1.29, 1.82) is 0 Å². The lowest BCUT2D eigenvalue weighted by molar-refractivity contribution is -0.188. The average molecular weight is 293 g/mol. The number of halogens is 3. The van der Waals surface area contributed by atoms with Crippen molar-refractivity contribution in [2.75, 3.05) is 45.8 Å². The summed E-state index contributed by atoms with van der Waals surface area (Å²) in [6, 6.07) is 0. The van der Waals surface area contributed by atoms with Crippen molar-refractivity contribution in [1.82, 2.24) is 15.1 Å². The van der Waals surface area contributed by atoms with Gasteiger partial charge in [0.15, 0.2) is 0 Å². The van der Waals surface area contributed by atoms with Gasteiger partial charge in [0, 0.05) is 26.2 Å². The summed E-state index contributed by atoms with van der Waals surface area (Å²) in [7, 11) is 0. The van der Waals surface area contributed by atoms with Gasteiger partial charge in [0.25, 0.3) is 0 Å². The van der Waals surface area contributed by atoms with Crippen LogP contribution in [0.15, 0.2) is 0 Å².